The summed E-state index contributed by atoms with van der Waals surface area (Å²) >= 11 is 0. The molecule has 0 saturated heterocycles. The van der Waals surface area contributed by atoms with Crippen LogP contribution in [0.4, 0.5) is 0 Å². The lowest BCUT2D eigenvalue weighted by Crippen LogP contribution is -2.12. The molecule has 0 radical (unpaired) electrons. The van der Waals surface area contributed by atoms with Gasteiger partial charge in [-0.15, -0.1) is 0 Å². The minimum atomic E-state index is -0.277. The van der Waals surface area contributed by atoms with Gasteiger partial charge >= 0.3 is 0 Å². The van der Waals surface area contributed by atoms with Crippen molar-refractivity contribution in [2.75, 3.05) is 0 Å². The summed E-state index contributed by atoms with van der Waals surface area (Å²) in [4.78, 5) is 0. The van der Waals surface area contributed by atoms with E-state index in [4.69, 9.17) is 5.73 Å². The first-order valence-electron chi connectivity index (χ1n) is 5.28. The van der Waals surface area contributed by atoms with Crippen molar-refractivity contribution in [2.24, 2.45) is 5.73 Å². The third-order valence-electron chi connectivity index (χ3n) is 2.68. The Labute approximate surface area is 95.4 Å². The molecule has 0 amide bonds. The van der Waals surface area contributed by atoms with Gasteiger partial charge in [0.1, 0.15) is 5.75 Å². The molecule has 0 heterocycles. The van der Waals surface area contributed by atoms with Gasteiger partial charge in [0.05, 0.1) is 6.04 Å². The molecular formula is C14H15NO. The zero-order chi connectivity index (χ0) is 11.5. The maximum absolute atomic E-state index is 9.79. The van der Waals surface area contributed by atoms with Crippen LogP contribution in [0, 0.1) is 6.92 Å². The lowest BCUT2D eigenvalue weighted by molar-refractivity contribution is 0.465. The van der Waals surface area contributed by atoms with E-state index in [1.807, 2.05) is 49.4 Å². The summed E-state index contributed by atoms with van der Waals surface area (Å²) in [5.41, 5.74) is 9.00. The summed E-state index contributed by atoms with van der Waals surface area (Å²) in [6.07, 6.45) is 0. The second-order valence-electron chi connectivity index (χ2n) is 3.95. The minimum absolute atomic E-state index is 0.252. The number of hydrogen-bond donors (Lipinski definition) is 2. The van der Waals surface area contributed by atoms with E-state index in [-0.39, 0.29) is 11.8 Å². The molecule has 0 spiro atoms. The molecule has 16 heavy (non-hydrogen) atoms. The van der Waals surface area contributed by atoms with Gasteiger partial charge in [0.15, 0.2) is 0 Å². The number of aryl methyl sites for hydroxylation is 1. The van der Waals surface area contributed by atoms with Crippen LogP contribution in [-0.2, 0) is 0 Å². The van der Waals surface area contributed by atoms with Gasteiger partial charge in [-0.1, -0.05) is 48.0 Å². The van der Waals surface area contributed by atoms with Crippen molar-refractivity contribution in [1.29, 1.82) is 0 Å². The van der Waals surface area contributed by atoms with E-state index in [2.05, 4.69) is 0 Å². The van der Waals surface area contributed by atoms with Gasteiger partial charge in [0, 0.05) is 5.56 Å². The first kappa shape index (κ1) is 10.7. The predicted octanol–water partition coefficient (Wildman–Crippen LogP) is 2.75. The largest absolute Gasteiger partial charge is 0.508 e. The van der Waals surface area contributed by atoms with Gasteiger partial charge in [0.2, 0.25) is 0 Å². The molecule has 2 aromatic rings. The Morgan fingerprint density at radius 2 is 1.75 bits per heavy atom. The SMILES string of the molecule is Cc1ccc(O)c(C(N)c2ccccc2)c1. The summed E-state index contributed by atoms with van der Waals surface area (Å²) in [6.45, 7) is 1.99. The summed E-state index contributed by atoms with van der Waals surface area (Å²) in [6, 6.07) is 15.0. The lowest BCUT2D eigenvalue weighted by Gasteiger charge is -2.14. The first-order valence-corrected chi connectivity index (χ1v) is 5.28. The molecule has 0 saturated carbocycles. The molecule has 0 aromatic heterocycles. The molecule has 1 unspecified atom stereocenters. The fraction of sp³-hybridized carbons (Fsp3) is 0.143. The number of phenolic OH excluding ortho intramolecular Hbond substituents is 1. The Kier molecular flexibility index (Phi) is 2.93. The molecule has 1 atom stereocenters. The van der Waals surface area contributed by atoms with Crippen molar-refractivity contribution in [3.8, 4) is 5.75 Å². The van der Waals surface area contributed by atoms with E-state index in [0.717, 1.165) is 16.7 Å². The van der Waals surface area contributed by atoms with Crippen LogP contribution < -0.4 is 5.73 Å². The van der Waals surface area contributed by atoms with Crippen LogP contribution in [0.5, 0.6) is 5.75 Å². The molecule has 2 rings (SSSR count). The normalized spacial score (nSPS) is 12.4. The topological polar surface area (TPSA) is 46.2 Å². The summed E-state index contributed by atoms with van der Waals surface area (Å²) < 4.78 is 0. The molecule has 0 aliphatic heterocycles. The van der Waals surface area contributed by atoms with E-state index >= 15 is 0 Å². The third-order valence-corrected chi connectivity index (χ3v) is 2.68. The minimum Gasteiger partial charge on any atom is -0.508 e. The van der Waals surface area contributed by atoms with Crippen molar-refractivity contribution >= 4 is 0 Å². The van der Waals surface area contributed by atoms with Crippen LogP contribution in [0.25, 0.3) is 0 Å². The van der Waals surface area contributed by atoms with Gasteiger partial charge < -0.3 is 10.8 Å². The summed E-state index contributed by atoms with van der Waals surface area (Å²) in [5, 5.41) is 9.79. The Hall–Kier alpha value is -1.80. The van der Waals surface area contributed by atoms with Crippen molar-refractivity contribution in [1.82, 2.24) is 0 Å². The van der Waals surface area contributed by atoms with Crippen molar-refractivity contribution in [2.45, 2.75) is 13.0 Å². The zero-order valence-electron chi connectivity index (χ0n) is 9.22. The second kappa shape index (κ2) is 4.37. The molecule has 2 nitrogen and oxygen atoms in total. The van der Waals surface area contributed by atoms with E-state index in [1.54, 1.807) is 6.07 Å². The summed E-state index contributed by atoms with van der Waals surface area (Å²) in [5.74, 6) is 0.252. The number of benzene rings is 2. The van der Waals surface area contributed by atoms with Gasteiger partial charge in [-0.25, -0.2) is 0 Å². The van der Waals surface area contributed by atoms with Crippen LogP contribution >= 0.6 is 0 Å². The fourth-order valence-electron chi connectivity index (χ4n) is 1.76. The standard InChI is InChI=1S/C14H15NO/c1-10-7-8-13(16)12(9-10)14(15)11-5-3-2-4-6-11/h2-9,14,16H,15H2,1H3. The van der Waals surface area contributed by atoms with Crippen molar-refractivity contribution in [3.05, 3.63) is 65.2 Å². The second-order valence-corrected chi connectivity index (χ2v) is 3.95. The third kappa shape index (κ3) is 2.07. The Morgan fingerprint density at radius 3 is 2.44 bits per heavy atom. The number of rotatable bonds is 2. The molecular weight excluding hydrogens is 198 g/mol. The van der Waals surface area contributed by atoms with Crippen LogP contribution in [0.15, 0.2) is 48.5 Å². The van der Waals surface area contributed by atoms with Gasteiger partial charge in [-0.2, -0.15) is 0 Å². The predicted molar refractivity (Wildman–Crippen MR) is 65.3 cm³/mol. The van der Waals surface area contributed by atoms with Crippen molar-refractivity contribution in [3.63, 3.8) is 0 Å². The highest BCUT2D eigenvalue weighted by Gasteiger charge is 2.12. The Bertz CT molecular complexity index is 479. The van der Waals surface area contributed by atoms with Gasteiger partial charge in [-0.05, 0) is 18.6 Å². The average molecular weight is 213 g/mol. The molecule has 3 N–H and O–H groups in total. The fourth-order valence-corrected chi connectivity index (χ4v) is 1.76. The monoisotopic (exact) mass is 213 g/mol. The number of hydrogen-bond acceptors (Lipinski definition) is 2. The van der Waals surface area contributed by atoms with Crippen LogP contribution in [-0.4, -0.2) is 5.11 Å². The van der Waals surface area contributed by atoms with Gasteiger partial charge in [-0.3, -0.25) is 0 Å². The molecule has 0 fully saturated rings. The van der Waals surface area contributed by atoms with E-state index in [1.165, 1.54) is 0 Å². The maximum Gasteiger partial charge on any atom is 0.120 e. The molecule has 82 valence electrons. The van der Waals surface area contributed by atoms with Gasteiger partial charge in [0.25, 0.3) is 0 Å². The molecule has 2 heteroatoms. The Morgan fingerprint density at radius 1 is 1.06 bits per heavy atom. The van der Waals surface area contributed by atoms with E-state index in [9.17, 15) is 5.11 Å². The highest BCUT2D eigenvalue weighted by Crippen LogP contribution is 2.28. The molecule has 0 bridgehead atoms. The number of phenols is 1. The lowest BCUT2D eigenvalue weighted by atomic mass is 9.97. The van der Waals surface area contributed by atoms with Crippen LogP contribution in [0.2, 0.25) is 0 Å². The first-order chi connectivity index (χ1) is 7.68. The molecule has 0 aliphatic rings. The highest BCUT2D eigenvalue weighted by atomic mass is 16.3. The average Bonchev–Trinajstić information content (AvgIpc) is 2.32. The molecule has 0 aliphatic carbocycles. The smallest absolute Gasteiger partial charge is 0.120 e. The van der Waals surface area contributed by atoms with E-state index in [0.29, 0.717) is 0 Å². The molecule has 2 aromatic carbocycles. The van der Waals surface area contributed by atoms with Crippen LogP contribution in [0.3, 0.4) is 0 Å². The number of aromatic hydroxyl groups is 1. The zero-order valence-corrected chi connectivity index (χ0v) is 9.22. The summed E-state index contributed by atoms with van der Waals surface area (Å²) in [7, 11) is 0. The van der Waals surface area contributed by atoms with E-state index < -0.39 is 0 Å². The highest BCUT2D eigenvalue weighted by molar-refractivity contribution is 5.42. The van der Waals surface area contributed by atoms with Crippen LogP contribution in [0.1, 0.15) is 22.7 Å². The number of nitrogens with two attached hydrogens (primary N) is 1. The Balaban J connectivity index is 2.41. The maximum atomic E-state index is 9.79. The quantitative estimate of drug-likeness (QED) is 0.805. The van der Waals surface area contributed by atoms with Crippen molar-refractivity contribution < 1.29 is 5.11 Å².